The van der Waals surface area contributed by atoms with Crippen LogP contribution in [0.25, 0.3) is 0 Å². The summed E-state index contributed by atoms with van der Waals surface area (Å²) in [5.74, 6) is 1.38. The molecule has 0 atom stereocenters. The lowest BCUT2D eigenvalue weighted by Gasteiger charge is -2.13. The van der Waals surface area contributed by atoms with E-state index in [0.29, 0.717) is 5.82 Å². The van der Waals surface area contributed by atoms with Crippen molar-refractivity contribution in [1.82, 2.24) is 15.3 Å². The fourth-order valence-electron chi connectivity index (χ4n) is 2.00. The predicted molar refractivity (Wildman–Crippen MR) is 88.0 cm³/mol. The van der Waals surface area contributed by atoms with E-state index in [1.54, 1.807) is 6.20 Å². The second kappa shape index (κ2) is 7.40. The highest BCUT2D eigenvalue weighted by molar-refractivity contribution is 5.90. The number of carbonyl (C=O) groups excluding carboxylic acids is 1. The number of aromatic nitrogens is 2. The molecule has 0 fully saturated rings. The van der Waals surface area contributed by atoms with Crippen LogP contribution in [-0.4, -0.2) is 30.1 Å². The van der Waals surface area contributed by atoms with Crippen LogP contribution in [0.2, 0.25) is 0 Å². The maximum absolute atomic E-state index is 12.0. The summed E-state index contributed by atoms with van der Waals surface area (Å²) in [6.07, 6.45) is 2.55. The summed E-state index contributed by atoms with van der Waals surface area (Å²) in [7, 11) is 3.82. The molecule has 0 aliphatic carbocycles. The fourth-order valence-corrected chi connectivity index (χ4v) is 2.00. The number of amides is 2. The zero-order valence-electron chi connectivity index (χ0n) is 13.1. The van der Waals surface area contributed by atoms with Gasteiger partial charge in [-0.25, -0.2) is 14.8 Å². The van der Waals surface area contributed by atoms with Crippen molar-refractivity contribution in [2.24, 2.45) is 0 Å². The summed E-state index contributed by atoms with van der Waals surface area (Å²) in [5.41, 5.74) is 1.92. The second-order valence-electron chi connectivity index (χ2n) is 5.04. The molecule has 0 unspecified atom stereocenters. The van der Waals surface area contributed by atoms with Gasteiger partial charge in [-0.15, -0.1) is 0 Å². The highest BCUT2D eigenvalue weighted by Gasteiger charge is 2.06. The van der Waals surface area contributed by atoms with E-state index < -0.39 is 0 Å². The van der Waals surface area contributed by atoms with Crippen molar-refractivity contribution in [1.29, 1.82) is 0 Å². The van der Waals surface area contributed by atoms with Crippen molar-refractivity contribution in [2.45, 2.75) is 19.9 Å². The molecule has 0 bridgehead atoms. The van der Waals surface area contributed by atoms with E-state index in [4.69, 9.17) is 0 Å². The zero-order chi connectivity index (χ0) is 15.9. The lowest BCUT2D eigenvalue weighted by atomic mass is 10.1. The predicted octanol–water partition coefficient (Wildman–Crippen LogP) is 2.43. The topological polar surface area (TPSA) is 70.2 Å². The van der Waals surface area contributed by atoms with Crippen LogP contribution in [0.15, 0.2) is 36.5 Å². The standard InChI is InChI=1S/C16H21N5O/c1-4-12-7-5-6-8-13(12)19-16(22)18-11-14-17-10-9-15(20-14)21(2)3/h5-10H,4,11H2,1-3H3,(H2,18,19,22). The van der Waals surface area contributed by atoms with Crippen LogP contribution in [0.1, 0.15) is 18.3 Å². The molecule has 0 saturated heterocycles. The van der Waals surface area contributed by atoms with Gasteiger partial charge in [0.15, 0.2) is 0 Å². The van der Waals surface area contributed by atoms with E-state index in [9.17, 15) is 4.79 Å². The van der Waals surface area contributed by atoms with Gasteiger partial charge in [-0.2, -0.15) is 0 Å². The molecule has 1 heterocycles. The molecule has 1 aromatic carbocycles. The van der Waals surface area contributed by atoms with E-state index >= 15 is 0 Å². The number of carbonyl (C=O) groups is 1. The van der Waals surface area contributed by atoms with Gasteiger partial charge in [-0.3, -0.25) is 0 Å². The highest BCUT2D eigenvalue weighted by atomic mass is 16.2. The minimum atomic E-state index is -0.264. The summed E-state index contributed by atoms with van der Waals surface area (Å²) < 4.78 is 0. The van der Waals surface area contributed by atoms with E-state index in [1.807, 2.05) is 49.3 Å². The molecule has 2 aromatic rings. The van der Waals surface area contributed by atoms with E-state index in [2.05, 4.69) is 27.5 Å². The Bertz CT molecular complexity index is 642. The molecular weight excluding hydrogens is 278 g/mol. The maximum atomic E-state index is 12.0. The number of nitrogens with zero attached hydrogens (tertiary/aromatic N) is 3. The van der Waals surface area contributed by atoms with Crippen LogP contribution in [0.3, 0.4) is 0 Å². The molecule has 0 aliphatic rings. The number of urea groups is 1. The molecule has 0 spiro atoms. The van der Waals surface area contributed by atoms with Crippen LogP contribution in [0, 0.1) is 0 Å². The number of nitrogens with one attached hydrogen (secondary N) is 2. The van der Waals surface area contributed by atoms with Crippen molar-refractivity contribution in [3.05, 3.63) is 47.9 Å². The van der Waals surface area contributed by atoms with E-state index in [0.717, 1.165) is 23.5 Å². The Balaban J connectivity index is 1.94. The quantitative estimate of drug-likeness (QED) is 0.889. The second-order valence-corrected chi connectivity index (χ2v) is 5.04. The Kier molecular flexibility index (Phi) is 5.30. The first kappa shape index (κ1) is 15.8. The van der Waals surface area contributed by atoms with Gasteiger partial charge in [-0.1, -0.05) is 25.1 Å². The Morgan fingerprint density at radius 1 is 1.23 bits per heavy atom. The normalized spacial score (nSPS) is 10.1. The number of hydrogen-bond donors (Lipinski definition) is 2. The smallest absolute Gasteiger partial charge is 0.319 e. The summed E-state index contributed by atoms with van der Waals surface area (Å²) in [6.45, 7) is 2.33. The molecule has 6 nitrogen and oxygen atoms in total. The molecule has 6 heteroatoms. The third-order valence-corrected chi connectivity index (χ3v) is 3.20. The average molecular weight is 299 g/mol. The molecule has 116 valence electrons. The molecule has 0 aliphatic heterocycles. The van der Waals surface area contributed by atoms with Crippen LogP contribution in [0.4, 0.5) is 16.3 Å². The summed E-state index contributed by atoms with van der Waals surface area (Å²) >= 11 is 0. The van der Waals surface area contributed by atoms with Gasteiger partial charge >= 0.3 is 6.03 Å². The lowest BCUT2D eigenvalue weighted by Crippen LogP contribution is -2.29. The van der Waals surface area contributed by atoms with Gasteiger partial charge in [0.2, 0.25) is 0 Å². The molecule has 0 saturated carbocycles. The van der Waals surface area contributed by atoms with Gasteiger partial charge in [0.25, 0.3) is 0 Å². The minimum absolute atomic E-state index is 0.264. The molecule has 22 heavy (non-hydrogen) atoms. The summed E-state index contributed by atoms with van der Waals surface area (Å²) in [5, 5.41) is 5.62. The minimum Gasteiger partial charge on any atom is -0.363 e. The number of aryl methyl sites for hydroxylation is 1. The monoisotopic (exact) mass is 299 g/mol. The van der Waals surface area contributed by atoms with Crippen molar-refractivity contribution >= 4 is 17.5 Å². The van der Waals surface area contributed by atoms with Gasteiger partial charge < -0.3 is 15.5 Å². The molecule has 1 aromatic heterocycles. The number of rotatable bonds is 5. The summed E-state index contributed by atoms with van der Waals surface area (Å²) in [6, 6.07) is 9.31. The van der Waals surface area contributed by atoms with Crippen molar-refractivity contribution in [3.63, 3.8) is 0 Å². The number of benzene rings is 1. The third kappa shape index (κ3) is 4.18. The first-order valence-corrected chi connectivity index (χ1v) is 7.22. The zero-order valence-corrected chi connectivity index (χ0v) is 13.1. The van der Waals surface area contributed by atoms with Crippen LogP contribution in [0.5, 0.6) is 0 Å². The molecule has 0 radical (unpaired) electrons. The van der Waals surface area contributed by atoms with Crippen molar-refractivity contribution in [2.75, 3.05) is 24.3 Å². The number of hydrogen-bond acceptors (Lipinski definition) is 4. The first-order chi connectivity index (χ1) is 10.6. The molecule has 2 N–H and O–H groups in total. The largest absolute Gasteiger partial charge is 0.363 e. The number of anilines is 2. The Morgan fingerprint density at radius 3 is 2.73 bits per heavy atom. The molecular formula is C16H21N5O. The Morgan fingerprint density at radius 2 is 2.00 bits per heavy atom. The van der Waals surface area contributed by atoms with Gasteiger partial charge in [-0.05, 0) is 24.1 Å². The highest BCUT2D eigenvalue weighted by Crippen LogP contribution is 2.15. The SMILES string of the molecule is CCc1ccccc1NC(=O)NCc1nccc(N(C)C)n1. The van der Waals surface area contributed by atoms with Crippen LogP contribution in [-0.2, 0) is 13.0 Å². The Hall–Kier alpha value is -2.63. The first-order valence-electron chi connectivity index (χ1n) is 7.22. The summed E-state index contributed by atoms with van der Waals surface area (Å²) in [4.78, 5) is 22.4. The van der Waals surface area contributed by atoms with Crippen LogP contribution < -0.4 is 15.5 Å². The average Bonchev–Trinajstić information content (AvgIpc) is 2.53. The van der Waals surface area contributed by atoms with E-state index in [-0.39, 0.29) is 12.6 Å². The lowest BCUT2D eigenvalue weighted by molar-refractivity contribution is 0.251. The molecule has 2 amide bonds. The fraction of sp³-hybridized carbons (Fsp3) is 0.312. The van der Waals surface area contributed by atoms with Crippen molar-refractivity contribution < 1.29 is 4.79 Å². The van der Waals surface area contributed by atoms with Gasteiger partial charge in [0.1, 0.15) is 11.6 Å². The van der Waals surface area contributed by atoms with E-state index in [1.165, 1.54) is 0 Å². The van der Waals surface area contributed by atoms with Gasteiger partial charge in [0, 0.05) is 26.0 Å². The Labute approximate surface area is 130 Å². The third-order valence-electron chi connectivity index (χ3n) is 3.20. The maximum Gasteiger partial charge on any atom is 0.319 e. The molecule has 2 rings (SSSR count). The number of para-hydroxylation sites is 1. The van der Waals surface area contributed by atoms with Gasteiger partial charge in [0.05, 0.1) is 6.54 Å². The van der Waals surface area contributed by atoms with Crippen LogP contribution >= 0.6 is 0 Å². The van der Waals surface area contributed by atoms with Crippen molar-refractivity contribution in [3.8, 4) is 0 Å².